The number of esters is 1. The van der Waals surface area contributed by atoms with Crippen LogP contribution in [0.15, 0.2) is 0 Å². The number of methoxy groups -OCH3 is 1. The van der Waals surface area contributed by atoms with Crippen molar-refractivity contribution in [2.45, 2.75) is 43.5 Å². The molecule has 0 aromatic rings. The number of hydrogen-bond acceptors (Lipinski definition) is 5. The van der Waals surface area contributed by atoms with Gasteiger partial charge in [-0.25, -0.2) is 8.42 Å². The lowest BCUT2D eigenvalue weighted by Gasteiger charge is -2.25. The van der Waals surface area contributed by atoms with E-state index in [9.17, 15) is 18.0 Å². The quantitative estimate of drug-likeness (QED) is 0.721. The fourth-order valence-corrected chi connectivity index (χ4v) is 5.01. The summed E-state index contributed by atoms with van der Waals surface area (Å²) in [5, 5.41) is 7.80. The molecule has 2 saturated heterocycles. The topological polar surface area (TPSA) is 101 Å². The van der Waals surface area contributed by atoms with Crippen molar-refractivity contribution < 1.29 is 27.9 Å². The smallest absolute Gasteiger partial charge is 0.325 e. The predicted molar refractivity (Wildman–Crippen MR) is 64.8 cm³/mol. The van der Waals surface area contributed by atoms with Gasteiger partial charge in [0.1, 0.15) is 0 Å². The van der Waals surface area contributed by atoms with Gasteiger partial charge in [-0.3, -0.25) is 9.59 Å². The average Bonchev–Trinajstić information content (AvgIpc) is 2.94. The summed E-state index contributed by atoms with van der Waals surface area (Å²) in [4.78, 5) is 22.5. The van der Waals surface area contributed by atoms with Gasteiger partial charge in [0.25, 0.3) is 0 Å². The highest BCUT2D eigenvalue weighted by Crippen LogP contribution is 2.44. The van der Waals surface area contributed by atoms with Crippen LogP contribution < -0.4 is 0 Å². The number of ether oxygens (including phenoxy) is 1. The zero-order valence-electron chi connectivity index (χ0n) is 10.8. The molecular formula is C11H17NO6S. The van der Waals surface area contributed by atoms with E-state index < -0.39 is 39.2 Å². The van der Waals surface area contributed by atoms with Crippen LogP contribution in [0.25, 0.3) is 0 Å². The van der Waals surface area contributed by atoms with Gasteiger partial charge in [-0.1, -0.05) is 0 Å². The summed E-state index contributed by atoms with van der Waals surface area (Å²) in [5.41, 5.74) is 0. The van der Waals surface area contributed by atoms with E-state index in [4.69, 9.17) is 5.11 Å². The number of rotatable bonds is 4. The Balaban J connectivity index is 2.28. The molecule has 2 aliphatic rings. The van der Waals surface area contributed by atoms with Gasteiger partial charge in [0, 0.05) is 12.1 Å². The summed E-state index contributed by atoms with van der Waals surface area (Å²) in [6.07, 6.45) is 1.52. The largest absolute Gasteiger partial charge is 0.481 e. The maximum Gasteiger partial charge on any atom is 0.325 e. The van der Waals surface area contributed by atoms with Gasteiger partial charge < -0.3 is 9.84 Å². The van der Waals surface area contributed by atoms with Crippen molar-refractivity contribution in [2.24, 2.45) is 5.92 Å². The average molecular weight is 291 g/mol. The second-order valence-electron chi connectivity index (χ2n) is 5.02. The van der Waals surface area contributed by atoms with Crippen LogP contribution in [0.2, 0.25) is 0 Å². The summed E-state index contributed by atoms with van der Waals surface area (Å²) in [6.45, 7) is 1.27. The molecule has 0 saturated carbocycles. The molecule has 0 aliphatic carbocycles. The van der Waals surface area contributed by atoms with E-state index in [0.29, 0.717) is 19.3 Å². The highest BCUT2D eigenvalue weighted by Gasteiger charge is 2.55. The first-order chi connectivity index (χ1) is 8.80. The van der Waals surface area contributed by atoms with E-state index >= 15 is 0 Å². The zero-order valence-corrected chi connectivity index (χ0v) is 11.6. The fourth-order valence-electron chi connectivity index (χ4n) is 3.07. The molecule has 2 heterocycles. The Hall–Kier alpha value is -1.15. The molecule has 108 valence electrons. The van der Waals surface area contributed by atoms with Gasteiger partial charge in [-0.05, 0) is 26.2 Å². The normalized spacial score (nSPS) is 32.2. The lowest BCUT2D eigenvalue weighted by molar-refractivity contribution is -0.142. The monoisotopic (exact) mass is 291 g/mol. The molecule has 0 aromatic heterocycles. The molecule has 4 atom stereocenters. The summed E-state index contributed by atoms with van der Waals surface area (Å²) in [6, 6.07) is -0.831. The van der Waals surface area contributed by atoms with Crippen molar-refractivity contribution >= 4 is 22.0 Å². The standard InChI is InChI=1S/C11H17NO6S/c1-6(11(15)18-2)19(16,17)12-7-3-4-9(12)8(5-7)10(13)14/h6-9H,3-5H2,1-2H3,(H,13,14). The van der Waals surface area contributed by atoms with Crippen LogP contribution in [-0.2, 0) is 24.3 Å². The second-order valence-corrected chi connectivity index (χ2v) is 7.18. The molecule has 1 N–H and O–H groups in total. The number of carboxylic acid groups (broad SMARTS) is 1. The molecule has 0 spiro atoms. The number of carbonyl (C=O) groups excluding carboxylic acids is 1. The van der Waals surface area contributed by atoms with Crippen LogP contribution in [0.1, 0.15) is 26.2 Å². The van der Waals surface area contributed by atoms with E-state index in [-0.39, 0.29) is 6.04 Å². The summed E-state index contributed by atoms with van der Waals surface area (Å²) in [7, 11) is -2.72. The maximum atomic E-state index is 12.4. The van der Waals surface area contributed by atoms with Crippen LogP contribution in [0, 0.1) is 5.92 Å². The van der Waals surface area contributed by atoms with Crippen molar-refractivity contribution in [3.63, 3.8) is 0 Å². The first-order valence-corrected chi connectivity index (χ1v) is 7.64. The molecule has 8 heteroatoms. The summed E-state index contributed by atoms with van der Waals surface area (Å²) >= 11 is 0. The molecule has 0 amide bonds. The number of fused-ring (bicyclic) bond motifs is 2. The van der Waals surface area contributed by atoms with Gasteiger partial charge >= 0.3 is 11.9 Å². The molecule has 4 unspecified atom stereocenters. The van der Waals surface area contributed by atoms with E-state index in [2.05, 4.69) is 4.74 Å². The first kappa shape index (κ1) is 14.3. The number of sulfonamides is 1. The van der Waals surface area contributed by atoms with Gasteiger partial charge in [-0.2, -0.15) is 4.31 Å². The van der Waals surface area contributed by atoms with Crippen molar-refractivity contribution in [2.75, 3.05) is 7.11 Å². The zero-order chi connectivity index (χ0) is 14.4. The van der Waals surface area contributed by atoms with Crippen LogP contribution in [-0.4, -0.2) is 54.2 Å². The van der Waals surface area contributed by atoms with E-state index in [1.54, 1.807) is 0 Å². The number of carboxylic acids is 1. The highest BCUT2D eigenvalue weighted by atomic mass is 32.2. The number of nitrogens with zero attached hydrogens (tertiary/aromatic N) is 1. The van der Waals surface area contributed by atoms with Crippen molar-refractivity contribution in [1.29, 1.82) is 0 Å². The minimum Gasteiger partial charge on any atom is -0.481 e. The second kappa shape index (κ2) is 4.75. The number of hydrogen-bond donors (Lipinski definition) is 1. The van der Waals surface area contributed by atoms with Crippen molar-refractivity contribution in [3.05, 3.63) is 0 Å². The fraction of sp³-hybridized carbons (Fsp3) is 0.818. The lowest BCUT2D eigenvalue weighted by atomic mass is 9.89. The minimum absolute atomic E-state index is 0.303. The van der Waals surface area contributed by atoms with Gasteiger partial charge in [-0.15, -0.1) is 0 Å². The molecule has 2 fully saturated rings. The van der Waals surface area contributed by atoms with Crippen molar-refractivity contribution in [3.8, 4) is 0 Å². The third kappa shape index (κ3) is 2.12. The Labute approximate surface area is 111 Å². The number of aliphatic carboxylic acids is 1. The van der Waals surface area contributed by atoms with Crippen LogP contribution >= 0.6 is 0 Å². The van der Waals surface area contributed by atoms with E-state index in [1.165, 1.54) is 11.2 Å². The molecule has 2 rings (SSSR count). The van der Waals surface area contributed by atoms with E-state index in [1.807, 2.05) is 0 Å². The molecule has 19 heavy (non-hydrogen) atoms. The Bertz CT molecular complexity index is 501. The van der Waals surface area contributed by atoms with Crippen LogP contribution in [0.4, 0.5) is 0 Å². The lowest BCUT2D eigenvalue weighted by Crippen LogP contribution is -2.45. The van der Waals surface area contributed by atoms with Crippen molar-refractivity contribution in [1.82, 2.24) is 4.31 Å². The van der Waals surface area contributed by atoms with E-state index in [0.717, 1.165) is 7.11 Å². The Morgan fingerprint density at radius 2 is 2.00 bits per heavy atom. The van der Waals surface area contributed by atoms with Crippen LogP contribution in [0.5, 0.6) is 0 Å². The molecule has 0 aromatic carbocycles. The van der Waals surface area contributed by atoms with Gasteiger partial charge in [0.2, 0.25) is 10.0 Å². The Morgan fingerprint density at radius 1 is 1.37 bits per heavy atom. The Kier molecular flexibility index (Phi) is 3.57. The summed E-state index contributed by atoms with van der Waals surface area (Å²) < 4.78 is 30.5. The molecule has 0 radical (unpaired) electrons. The number of carbonyl (C=O) groups is 2. The van der Waals surface area contributed by atoms with Gasteiger partial charge in [0.05, 0.1) is 13.0 Å². The molecule has 2 bridgehead atoms. The minimum atomic E-state index is -3.86. The van der Waals surface area contributed by atoms with Gasteiger partial charge in [0.15, 0.2) is 5.25 Å². The van der Waals surface area contributed by atoms with Crippen LogP contribution in [0.3, 0.4) is 0 Å². The molecular weight excluding hydrogens is 274 g/mol. The molecule has 7 nitrogen and oxygen atoms in total. The third-order valence-corrected chi connectivity index (χ3v) is 6.31. The highest BCUT2D eigenvalue weighted by molar-refractivity contribution is 7.90. The first-order valence-electron chi connectivity index (χ1n) is 6.13. The predicted octanol–water partition coefficient (Wildman–Crippen LogP) is -0.185. The Morgan fingerprint density at radius 3 is 2.47 bits per heavy atom. The third-order valence-electron chi connectivity index (χ3n) is 4.06. The molecule has 2 aliphatic heterocycles. The SMILES string of the molecule is COC(=O)C(C)S(=O)(=O)N1C2CCC1C(C(=O)O)C2. The summed E-state index contributed by atoms with van der Waals surface area (Å²) in [5.74, 6) is -2.46. The maximum absolute atomic E-state index is 12.4.